The summed E-state index contributed by atoms with van der Waals surface area (Å²) in [4.78, 5) is 13.5. The Kier molecular flexibility index (Phi) is 4.96. The first kappa shape index (κ1) is 13.2. The van der Waals surface area contributed by atoms with Gasteiger partial charge in [-0.15, -0.1) is 11.3 Å². The van der Waals surface area contributed by atoms with Gasteiger partial charge in [-0.2, -0.15) is 0 Å². The van der Waals surface area contributed by atoms with E-state index < -0.39 is 12.0 Å². The van der Waals surface area contributed by atoms with Crippen LogP contribution in [0.25, 0.3) is 0 Å². The summed E-state index contributed by atoms with van der Waals surface area (Å²) in [5.41, 5.74) is 1.21. The van der Waals surface area contributed by atoms with Gasteiger partial charge in [-0.3, -0.25) is 4.79 Å². The molecule has 1 aromatic heterocycles. The summed E-state index contributed by atoms with van der Waals surface area (Å²) in [6.45, 7) is 6.79. The lowest BCUT2D eigenvalue weighted by Crippen LogP contribution is -2.36. The molecule has 0 aliphatic heterocycles. The molecule has 0 radical (unpaired) electrons. The van der Waals surface area contributed by atoms with Crippen molar-refractivity contribution < 1.29 is 9.90 Å². The number of carboxylic acid groups (broad SMARTS) is 1. The van der Waals surface area contributed by atoms with Crippen molar-refractivity contribution in [3.63, 3.8) is 0 Å². The first-order valence-electron chi connectivity index (χ1n) is 5.56. The molecule has 3 nitrogen and oxygen atoms in total. The average Bonchev–Trinajstić information content (AvgIpc) is 2.51. The van der Waals surface area contributed by atoms with Gasteiger partial charge in [0, 0.05) is 16.3 Å². The monoisotopic (exact) mass is 241 g/mol. The van der Waals surface area contributed by atoms with Crippen LogP contribution >= 0.6 is 11.3 Å². The number of thiophene rings is 1. The smallest absolute Gasteiger partial charge is 0.320 e. The van der Waals surface area contributed by atoms with Gasteiger partial charge in [0.25, 0.3) is 0 Å². The molecule has 0 fully saturated rings. The zero-order chi connectivity index (χ0) is 12.1. The molecule has 1 unspecified atom stereocenters. The molecule has 0 aliphatic carbocycles. The number of hydrogen-bond donors (Lipinski definition) is 2. The third kappa shape index (κ3) is 3.61. The zero-order valence-corrected chi connectivity index (χ0v) is 10.9. The molecule has 0 amide bonds. The second-order valence-corrected chi connectivity index (χ2v) is 5.46. The van der Waals surface area contributed by atoms with Crippen LogP contribution in [0.4, 0.5) is 0 Å². The molecular formula is C12H19NO2S. The Balaban J connectivity index is 2.55. The number of rotatable bonds is 6. The highest BCUT2D eigenvalue weighted by Crippen LogP contribution is 2.20. The Morgan fingerprint density at radius 3 is 2.69 bits per heavy atom. The molecule has 0 aromatic carbocycles. The maximum atomic E-state index is 10.9. The fraction of sp³-hybridized carbons (Fsp3) is 0.583. The first-order valence-corrected chi connectivity index (χ1v) is 6.38. The van der Waals surface area contributed by atoms with Gasteiger partial charge in [0.1, 0.15) is 6.04 Å². The van der Waals surface area contributed by atoms with Gasteiger partial charge in [-0.05, 0) is 31.9 Å². The van der Waals surface area contributed by atoms with Crippen molar-refractivity contribution in [3.8, 4) is 0 Å². The van der Waals surface area contributed by atoms with Crippen molar-refractivity contribution in [2.75, 3.05) is 0 Å². The van der Waals surface area contributed by atoms with Crippen LogP contribution in [-0.2, 0) is 11.3 Å². The van der Waals surface area contributed by atoms with E-state index in [1.807, 2.05) is 6.92 Å². The quantitative estimate of drug-likeness (QED) is 0.805. The zero-order valence-electron chi connectivity index (χ0n) is 10.0. The number of aliphatic carboxylic acids is 1. The summed E-state index contributed by atoms with van der Waals surface area (Å²) in [7, 11) is 0. The number of hydrogen-bond acceptors (Lipinski definition) is 3. The second kappa shape index (κ2) is 6.01. The van der Waals surface area contributed by atoms with Crippen LogP contribution in [0.2, 0.25) is 0 Å². The molecule has 1 aromatic rings. The van der Waals surface area contributed by atoms with Crippen molar-refractivity contribution in [1.82, 2.24) is 5.32 Å². The SMILES string of the molecule is CCCC(NCc1cc(C)sc1C)C(=O)O. The van der Waals surface area contributed by atoms with E-state index in [2.05, 4.69) is 25.2 Å². The van der Waals surface area contributed by atoms with Crippen LogP contribution < -0.4 is 5.32 Å². The van der Waals surface area contributed by atoms with Gasteiger partial charge in [-0.25, -0.2) is 0 Å². The van der Waals surface area contributed by atoms with Crippen molar-refractivity contribution in [3.05, 3.63) is 21.4 Å². The largest absolute Gasteiger partial charge is 0.480 e. The molecule has 1 heterocycles. The molecule has 4 heteroatoms. The maximum absolute atomic E-state index is 10.9. The predicted octanol–water partition coefficient (Wildman–Crippen LogP) is 2.71. The van der Waals surface area contributed by atoms with Gasteiger partial charge < -0.3 is 10.4 Å². The highest BCUT2D eigenvalue weighted by atomic mass is 32.1. The third-order valence-corrected chi connectivity index (χ3v) is 3.57. The van der Waals surface area contributed by atoms with Crippen LogP contribution in [0.3, 0.4) is 0 Å². The fourth-order valence-corrected chi connectivity index (χ4v) is 2.64. The van der Waals surface area contributed by atoms with Crippen LogP contribution in [0.5, 0.6) is 0 Å². The van der Waals surface area contributed by atoms with Crippen LogP contribution in [0.1, 0.15) is 35.1 Å². The summed E-state index contributed by atoms with van der Waals surface area (Å²) in [6.07, 6.45) is 1.56. The van der Waals surface area contributed by atoms with E-state index in [0.717, 1.165) is 6.42 Å². The normalized spacial score (nSPS) is 12.7. The summed E-state index contributed by atoms with van der Waals surface area (Å²) in [6, 6.07) is 1.70. The van der Waals surface area contributed by atoms with Crippen molar-refractivity contribution in [2.45, 2.75) is 46.2 Å². The highest BCUT2D eigenvalue weighted by molar-refractivity contribution is 7.12. The minimum atomic E-state index is -0.758. The standard InChI is InChI=1S/C12H19NO2S/c1-4-5-11(12(14)15)13-7-10-6-8(2)16-9(10)3/h6,11,13H,4-5,7H2,1-3H3,(H,14,15). The molecule has 0 bridgehead atoms. The summed E-state index contributed by atoms with van der Waals surface area (Å²) in [5, 5.41) is 12.1. The molecule has 90 valence electrons. The summed E-state index contributed by atoms with van der Waals surface area (Å²) in [5.74, 6) is -0.758. The highest BCUT2D eigenvalue weighted by Gasteiger charge is 2.15. The van der Waals surface area contributed by atoms with Gasteiger partial charge in [0.15, 0.2) is 0 Å². The van der Waals surface area contributed by atoms with Crippen LogP contribution in [0.15, 0.2) is 6.07 Å². The Hall–Kier alpha value is -0.870. The van der Waals surface area contributed by atoms with Crippen LogP contribution in [-0.4, -0.2) is 17.1 Å². The van der Waals surface area contributed by atoms with Gasteiger partial charge in [-0.1, -0.05) is 13.3 Å². The lowest BCUT2D eigenvalue weighted by molar-refractivity contribution is -0.139. The molecule has 1 atom stereocenters. The fourth-order valence-electron chi connectivity index (χ4n) is 1.69. The van der Waals surface area contributed by atoms with Gasteiger partial charge >= 0.3 is 5.97 Å². The van der Waals surface area contributed by atoms with Gasteiger partial charge in [0.2, 0.25) is 0 Å². The average molecular weight is 241 g/mol. The number of carboxylic acids is 1. The summed E-state index contributed by atoms with van der Waals surface area (Å²) < 4.78 is 0. The van der Waals surface area contributed by atoms with Gasteiger partial charge in [0.05, 0.1) is 0 Å². The van der Waals surface area contributed by atoms with E-state index in [1.54, 1.807) is 11.3 Å². The third-order valence-electron chi connectivity index (χ3n) is 2.56. The van der Waals surface area contributed by atoms with E-state index >= 15 is 0 Å². The number of aryl methyl sites for hydroxylation is 2. The lowest BCUT2D eigenvalue weighted by Gasteiger charge is -2.13. The Morgan fingerprint density at radius 2 is 2.25 bits per heavy atom. The lowest BCUT2D eigenvalue weighted by atomic mass is 10.1. The molecule has 2 N–H and O–H groups in total. The van der Waals surface area contributed by atoms with E-state index in [-0.39, 0.29) is 0 Å². The molecule has 16 heavy (non-hydrogen) atoms. The molecule has 0 saturated heterocycles. The molecule has 0 aliphatic rings. The Morgan fingerprint density at radius 1 is 1.56 bits per heavy atom. The first-order chi connectivity index (χ1) is 7.54. The van der Waals surface area contributed by atoms with E-state index in [0.29, 0.717) is 13.0 Å². The minimum Gasteiger partial charge on any atom is -0.480 e. The van der Waals surface area contributed by atoms with Crippen molar-refractivity contribution >= 4 is 17.3 Å². The number of nitrogens with one attached hydrogen (secondary N) is 1. The minimum absolute atomic E-state index is 0.426. The Labute approximate surface area is 100 Å². The van der Waals surface area contributed by atoms with E-state index in [9.17, 15) is 4.79 Å². The molecule has 1 rings (SSSR count). The maximum Gasteiger partial charge on any atom is 0.320 e. The summed E-state index contributed by atoms with van der Waals surface area (Å²) >= 11 is 1.76. The molecule has 0 spiro atoms. The van der Waals surface area contributed by atoms with E-state index in [4.69, 9.17) is 5.11 Å². The topological polar surface area (TPSA) is 49.3 Å². The molecule has 0 saturated carbocycles. The second-order valence-electron chi connectivity index (χ2n) is 4.00. The van der Waals surface area contributed by atoms with Crippen molar-refractivity contribution in [2.24, 2.45) is 0 Å². The van der Waals surface area contributed by atoms with Crippen LogP contribution in [0, 0.1) is 13.8 Å². The van der Waals surface area contributed by atoms with Crippen molar-refractivity contribution in [1.29, 1.82) is 0 Å². The van der Waals surface area contributed by atoms with E-state index in [1.165, 1.54) is 15.3 Å². The molecular weight excluding hydrogens is 222 g/mol. The predicted molar refractivity (Wildman–Crippen MR) is 67.0 cm³/mol. The Bertz CT molecular complexity index is 360. The number of carbonyl (C=O) groups is 1.